The number of amides is 1. The molecule has 0 spiro atoms. The van der Waals surface area contributed by atoms with Gasteiger partial charge >= 0.3 is 6.09 Å². The van der Waals surface area contributed by atoms with E-state index in [0.29, 0.717) is 5.65 Å². The molecule has 7 nitrogen and oxygen atoms in total. The van der Waals surface area contributed by atoms with E-state index in [-0.39, 0.29) is 10.8 Å². The maximum absolute atomic E-state index is 11.7. The number of anilines is 1. The van der Waals surface area contributed by atoms with Crippen molar-refractivity contribution in [2.24, 2.45) is 0 Å². The highest BCUT2D eigenvalue weighted by atomic mass is 35.5. The Morgan fingerprint density at radius 3 is 2.83 bits per heavy atom. The highest BCUT2D eigenvalue weighted by Crippen LogP contribution is 2.23. The molecule has 0 bridgehead atoms. The van der Waals surface area contributed by atoms with Gasteiger partial charge in [-0.15, -0.1) is 10.2 Å². The first-order valence-corrected chi connectivity index (χ1v) is 5.58. The predicted molar refractivity (Wildman–Crippen MR) is 65.6 cm³/mol. The van der Waals surface area contributed by atoms with E-state index in [1.54, 1.807) is 25.2 Å². The molecule has 2 heterocycles. The van der Waals surface area contributed by atoms with E-state index in [0.717, 1.165) is 0 Å². The van der Waals surface area contributed by atoms with Crippen LogP contribution in [0.25, 0.3) is 5.65 Å². The zero-order chi connectivity index (χ0) is 13.3. The fourth-order valence-electron chi connectivity index (χ4n) is 1.29. The minimum atomic E-state index is -0.623. The van der Waals surface area contributed by atoms with Gasteiger partial charge < -0.3 is 4.74 Å². The van der Waals surface area contributed by atoms with Gasteiger partial charge in [-0.1, -0.05) is 11.6 Å². The van der Waals surface area contributed by atoms with Gasteiger partial charge in [-0.3, -0.25) is 9.72 Å². The second-order valence-corrected chi connectivity index (χ2v) is 4.96. The van der Waals surface area contributed by atoms with Gasteiger partial charge in [0.25, 0.3) is 0 Å². The summed E-state index contributed by atoms with van der Waals surface area (Å²) in [4.78, 5) is 15.6. The lowest BCUT2D eigenvalue weighted by molar-refractivity contribution is 0.0636. The molecule has 96 valence electrons. The van der Waals surface area contributed by atoms with Gasteiger partial charge in [0.2, 0.25) is 0 Å². The van der Waals surface area contributed by atoms with Gasteiger partial charge in [0.15, 0.2) is 10.8 Å². The van der Waals surface area contributed by atoms with E-state index in [1.807, 2.05) is 0 Å². The molecule has 0 saturated heterocycles. The van der Waals surface area contributed by atoms with Crippen LogP contribution in [0, 0.1) is 0 Å². The number of fused-ring (bicyclic) bond motifs is 1. The molecule has 0 aliphatic heterocycles. The molecule has 0 aromatic carbocycles. The number of halogens is 1. The summed E-state index contributed by atoms with van der Waals surface area (Å²) in [7, 11) is 0. The largest absolute Gasteiger partial charge is 0.444 e. The second-order valence-electron chi connectivity index (χ2n) is 4.60. The third-order valence-corrected chi connectivity index (χ3v) is 2.21. The van der Waals surface area contributed by atoms with E-state index < -0.39 is 11.7 Å². The molecule has 18 heavy (non-hydrogen) atoms. The third kappa shape index (κ3) is 2.67. The Kier molecular flexibility index (Phi) is 3.08. The third-order valence-electron chi connectivity index (χ3n) is 1.92. The topological polar surface area (TPSA) is 81.4 Å². The van der Waals surface area contributed by atoms with Crippen LogP contribution in [0.15, 0.2) is 12.7 Å². The molecule has 2 aromatic heterocycles. The Balaban J connectivity index is 2.28. The minimum absolute atomic E-state index is 0.126. The van der Waals surface area contributed by atoms with Crippen molar-refractivity contribution in [3.8, 4) is 0 Å². The Hall–Kier alpha value is -1.89. The quantitative estimate of drug-likeness (QED) is 0.802. The van der Waals surface area contributed by atoms with Gasteiger partial charge in [0.05, 0.1) is 0 Å². The fourth-order valence-corrected chi connectivity index (χ4v) is 1.46. The standard InChI is InChI=1S/C10H12ClN5O2/c1-10(2,3)18-9(17)14-6-7(11)12-4-16-5-13-15-8(6)16/h4-5H,1-3H3,(H,14,17). The summed E-state index contributed by atoms with van der Waals surface area (Å²) >= 11 is 5.91. The molecule has 0 unspecified atom stereocenters. The molecular formula is C10H12ClN5O2. The van der Waals surface area contributed by atoms with E-state index in [9.17, 15) is 4.79 Å². The molecule has 0 saturated carbocycles. The lowest BCUT2D eigenvalue weighted by Crippen LogP contribution is -2.27. The normalized spacial score (nSPS) is 11.6. The number of hydrogen-bond donors (Lipinski definition) is 1. The number of aromatic nitrogens is 4. The summed E-state index contributed by atoms with van der Waals surface area (Å²) in [5.41, 5.74) is 0.0784. The summed E-state index contributed by atoms with van der Waals surface area (Å²) in [6.45, 7) is 5.30. The van der Waals surface area contributed by atoms with Crippen LogP contribution < -0.4 is 5.32 Å². The first-order chi connectivity index (χ1) is 8.37. The number of nitrogens with zero attached hydrogens (tertiary/aromatic N) is 4. The zero-order valence-corrected chi connectivity index (χ0v) is 10.9. The van der Waals surface area contributed by atoms with E-state index in [4.69, 9.17) is 16.3 Å². The fraction of sp³-hybridized carbons (Fsp3) is 0.400. The van der Waals surface area contributed by atoms with Crippen molar-refractivity contribution >= 4 is 29.0 Å². The molecule has 0 atom stereocenters. The van der Waals surface area contributed by atoms with Crippen LogP contribution in [-0.2, 0) is 4.74 Å². The van der Waals surface area contributed by atoms with Crippen molar-refractivity contribution in [2.45, 2.75) is 26.4 Å². The minimum Gasteiger partial charge on any atom is -0.444 e. The lowest BCUT2D eigenvalue weighted by atomic mass is 10.2. The molecule has 0 aliphatic rings. The van der Waals surface area contributed by atoms with Crippen molar-refractivity contribution in [2.75, 3.05) is 5.32 Å². The summed E-state index contributed by atoms with van der Waals surface area (Å²) in [6, 6.07) is 0. The number of carbonyl (C=O) groups is 1. The second kappa shape index (κ2) is 4.41. The van der Waals surface area contributed by atoms with Gasteiger partial charge in [-0.05, 0) is 20.8 Å². The first-order valence-electron chi connectivity index (χ1n) is 5.20. The maximum atomic E-state index is 11.7. The van der Waals surface area contributed by atoms with Crippen LogP contribution in [0.5, 0.6) is 0 Å². The molecule has 2 aromatic rings. The number of carbonyl (C=O) groups excluding carboxylic acids is 1. The Bertz CT molecular complexity index is 589. The van der Waals surface area contributed by atoms with Crippen molar-refractivity contribution < 1.29 is 9.53 Å². The van der Waals surface area contributed by atoms with Crippen LogP contribution in [0.2, 0.25) is 5.15 Å². The average Bonchev–Trinajstić information content (AvgIpc) is 2.67. The maximum Gasteiger partial charge on any atom is 0.412 e. The van der Waals surface area contributed by atoms with Crippen LogP contribution in [0.3, 0.4) is 0 Å². The Labute approximate surface area is 108 Å². The number of hydrogen-bond acceptors (Lipinski definition) is 5. The lowest BCUT2D eigenvalue weighted by Gasteiger charge is -2.19. The summed E-state index contributed by atoms with van der Waals surface area (Å²) < 4.78 is 6.67. The molecule has 0 aliphatic carbocycles. The summed E-state index contributed by atoms with van der Waals surface area (Å²) in [6.07, 6.45) is 2.29. The van der Waals surface area contributed by atoms with Crippen LogP contribution in [0.4, 0.5) is 10.5 Å². The number of ether oxygens (including phenoxy) is 1. The van der Waals surface area contributed by atoms with Crippen LogP contribution in [0.1, 0.15) is 20.8 Å². The molecule has 2 rings (SSSR count). The highest BCUT2D eigenvalue weighted by Gasteiger charge is 2.19. The average molecular weight is 270 g/mol. The first kappa shape index (κ1) is 12.6. The van der Waals surface area contributed by atoms with Gasteiger partial charge in [0, 0.05) is 0 Å². The van der Waals surface area contributed by atoms with Crippen molar-refractivity contribution in [3.05, 3.63) is 17.8 Å². The molecule has 8 heteroatoms. The zero-order valence-electron chi connectivity index (χ0n) is 10.1. The monoisotopic (exact) mass is 269 g/mol. The smallest absolute Gasteiger partial charge is 0.412 e. The van der Waals surface area contributed by atoms with E-state index >= 15 is 0 Å². The number of rotatable bonds is 1. The molecule has 1 N–H and O–H groups in total. The Morgan fingerprint density at radius 1 is 1.44 bits per heavy atom. The molecule has 0 radical (unpaired) electrons. The van der Waals surface area contributed by atoms with Gasteiger partial charge in [0.1, 0.15) is 23.9 Å². The van der Waals surface area contributed by atoms with Crippen LogP contribution in [-0.4, -0.2) is 31.3 Å². The van der Waals surface area contributed by atoms with Gasteiger partial charge in [-0.25, -0.2) is 9.78 Å². The number of nitrogens with one attached hydrogen (secondary N) is 1. The Morgan fingerprint density at radius 2 is 2.17 bits per heavy atom. The predicted octanol–water partition coefficient (Wildman–Crippen LogP) is 2.12. The SMILES string of the molecule is CC(C)(C)OC(=O)Nc1c(Cl)ncn2cnnc12. The highest BCUT2D eigenvalue weighted by molar-refractivity contribution is 6.33. The molecule has 1 amide bonds. The summed E-state index contributed by atoms with van der Waals surface area (Å²) in [5, 5.41) is 10.2. The van der Waals surface area contributed by atoms with E-state index in [1.165, 1.54) is 12.7 Å². The van der Waals surface area contributed by atoms with Crippen LogP contribution >= 0.6 is 11.6 Å². The molecular weight excluding hydrogens is 258 g/mol. The molecule has 0 fully saturated rings. The summed E-state index contributed by atoms with van der Waals surface area (Å²) in [5.74, 6) is 0. The van der Waals surface area contributed by atoms with Crippen molar-refractivity contribution in [3.63, 3.8) is 0 Å². The van der Waals surface area contributed by atoms with E-state index in [2.05, 4.69) is 20.5 Å². The van der Waals surface area contributed by atoms with Crippen molar-refractivity contribution in [1.82, 2.24) is 19.6 Å². The van der Waals surface area contributed by atoms with Gasteiger partial charge in [-0.2, -0.15) is 0 Å². The van der Waals surface area contributed by atoms with Crippen molar-refractivity contribution in [1.29, 1.82) is 0 Å².